The van der Waals surface area contributed by atoms with Crippen LogP contribution in [0.3, 0.4) is 0 Å². The maximum atomic E-state index is 14.6. The van der Waals surface area contributed by atoms with Crippen molar-refractivity contribution in [3.8, 4) is 0 Å². The molecule has 0 bridgehead atoms. The number of benzene rings is 4. The molecular weight excluding hydrogens is 650 g/mol. The molecule has 6 nitrogen and oxygen atoms in total. The molecule has 8 heteroatoms. The van der Waals surface area contributed by atoms with E-state index < -0.39 is 12.0 Å². The second-order valence-corrected chi connectivity index (χ2v) is 13.9. The van der Waals surface area contributed by atoms with Crippen molar-refractivity contribution in [1.29, 1.82) is 0 Å². The lowest BCUT2D eigenvalue weighted by molar-refractivity contribution is -0.138. The number of fused-ring (bicyclic) bond motifs is 2. The molecule has 3 heterocycles. The van der Waals surface area contributed by atoms with Gasteiger partial charge in [0.2, 0.25) is 0 Å². The fourth-order valence-electron chi connectivity index (χ4n) is 6.57. The van der Waals surface area contributed by atoms with Gasteiger partial charge in [-0.05, 0) is 60.7 Å². The van der Waals surface area contributed by atoms with Crippen LogP contribution in [0, 0.1) is 6.92 Å². The Balaban J connectivity index is 1.46. The zero-order valence-electron chi connectivity index (χ0n) is 27.8. The van der Waals surface area contributed by atoms with Crippen molar-refractivity contribution in [3.63, 3.8) is 0 Å². The van der Waals surface area contributed by atoms with Crippen molar-refractivity contribution < 1.29 is 9.53 Å². The predicted molar refractivity (Wildman–Crippen MR) is 199 cm³/mol. The van der Waals surface area contributed by atoms with E-state index in [4.69, 9.17) is 21.3 Å². The maximum absolute atomic E-state index is 14.6. The fraction of sp³-hybridized carbons (Fsp3) is 0.195. The summed E-state index contributed by atoms with van der Waals surface area (Å²) in [6.45, 7) is 9.02. The van der Waals surface area contributed by atoms with Crippen molar-refractivity contribution in [2.75, 3.05) is 6.61 Å². The highest BCUT2D eigenvalue weighted by Crippen LogP contribution is 2.36. The van der Waals surface area contributed by atoms with Crippen molar-refractivity contribution in [2.45, 2.75) is 46.2 Å². The number of halogens is 1. The first-order valence-corrected chi connectivity index (χ1v) is 17.6. The molecule has 4 aromatic carbocycles. The summed E-state index contributed by atoms with van der Waals surface area (Å²) in [7, 11) is 0. The summed E-state index contributed by atoms with van der Waals surface area (Å²) in [5.41, 5.74) is 7.65. The van der Waals surface area contributed by atoms with E-state index in [1.165, 1.54) is 16.9 Å². The van der Waals surface area contributed by atoms with Crippen LogP contribution in [0.4, 0.5) is 0 Å². The van der Waals surface area contributed by atoms with E-state index in [1.54, 1.807) is 11.5 Å². The van der Waals surface area contributed by atoms with Gasteiger partial charge in [0.15, 0.2) is 4.80 Å². The van der Waals surface area contributed by atoms with E-state index in [0.717, 1.165) is 38.9 Å². The first-order valence-electron chi connectivity index (χ1n) is 16.5. The summed E-state index contributed by atoms with van der Waals surface area (Å²) in [6, 6.07) is 33.2. The number of hydrogen-bond donors (Lipinski definition) is 0. The molecule has 0 unspecified atom stereocenters. The molecule has 0 aliphatic carbocycles. The molecular formula is C41H36ClN3O3S. The quantitative estimate of drug-likeness (QED) is 0.153. The molecule has 0 fully saturated rings. The van der Waals surface area contributed by atoms with Gasteiger partial charge in [-0.1, -0.05) is 122 Å². The van der Waals surface area contributed by atoms with Crippen molar-refractivity contribution in [3.05, 3.63) is 167 Å². The SMILES string of the molecule is CCOC(=O)C1=C(c2ccccc2)N=c2s/c(=C\c3c(C)n(Cc4ccc(Cl)cc4)c4ccccc34)c(=O)n2[C@H]1c1ccc(C(C)C)cc1. The number of rotatable bonds is 8. The lowest BCUT2D eigenvalue weighted by atomic mass is 9.91. The smallest absolute Gasteiger partial charge is 0.338 e. The van der Waals surface area contributed by atoms with Gasteiger partial charge in [-0.15, -0.1) is 0 Å². The fourth-order valence-corrected chi connectivity index (χ4v) is 7.67. The topological polar surface area (TPSA) is 65.6 Å². The van der Waals surface area contributed by atoms with E-state index >= 15 is 0 Å². The molecule has 1 aliphatic heterocycles. The molecule has 0 saturated heterocycles. The molecule has 0 radical (unpaired) electrons. The number of thiazole rings is 1. The van der Waals surface area contributed by atoms with Gasteiger partial charge in [0, 0.05) is 39.3 Å². The molecule has 246 valence electrons. The van der Waals surface area contributed by atoms with Crippen LogP contribution in [0.1, 0.15) is 66.2 Å². The molecule has 2 aromatic heterocycles. The Labute approximate surface area is 293 Å². The highest BCUT2D eigenvalue weighted by molar-refractivity contribution is 7.07. The third-order valence-electron chi connectivity index (χ3n) is 9.10. The molecule has 0 N–H and O–H groups in total. The number of para-hydroxylation sites is 1. The molecule has 1 atom stereocenters. The molecule has 0 saturated carbocycles. The normalized spacial score (nSPS) is 14.7. The van der Waals surface area contributed by atoms with Crippen LogP contribution in [-0.2, 0) is 16.1 Å². The molecule has 6 aromatic rings. The number of esters is 1. The van der Waals surface area contributed by atoms with Crippen LogP contribution in [0.5, 0.6) is 0 Å². The third kappa shape index (κ3) is 6.09. The van der Waals surface area contributed by atoms with Gasteiger partial charge in [0.25, 0.3) is 5.56 Å². The van der Waals surface area contributed by atoms with Crippen LogP contribution >= 0.6 is 22.9 Å². The summed E-state index contributed by atoms with van der Waals surface area (Å²) in [5.74, 6) is -0.153. The van der Waals surface area contributed by atoms with Crippen molar-refractivity contribution in [1.82, 2.24) is 9.13 Å². The maximum Gasteiger partial charge on any atom is 0.338 e. The van der Waals surface area contributed by atoms with E-state index in [2.05, 4.69) is 49.6 Å². The van der Waals surface area contributed by atoms with Crippen LogP contribution in [-0.4, -0.2) is 21.7 Å². The van der Waals surface area contributed by atoms with Crippen LogP contribution < -0.4 is 14.9 Å². The molecule has 0 spiro atoms. The van der Waals surface area contributed by atoms with Crippen LogP contribution in [0.25, 0.3) is 22.7 Å². The lowest BCUT2D eigenvalue weighted by Gasteiger charge is -2.26. The summed E-state index contributed by atoms with van der Waals surface area (Å²) >= 11 is 7.51. The van der Waals surface area contributed by atoms with E-state index in [9.17, 15) is 9.59 Å². The van der Waals surface area contributed by atoms with E-state index in [0.29, 0.717) is 38.1 Å². The largest absolute Gasteiger partial charge is 0.463 e. The predicted octanol–water partition coefficient (Wildman–Crippen LogP) is 8.02. The number of carbonyl (C=O) groups is 1. The average Bonchev–Trinajstić information content (AvgIpc) is 3.57. The van der Waals surface area contributed by atoms with Gasteiger partial charge in [-0.3, -0.25) is 9.36 Å². The van der Waals surface area contributed by atoms with Crippen molar-refractivity contribution >= 4 is 51.6 Å². The number of carbonyl (C=O) groups excluding carboxylic acids is 1. The molecule has 1 aliphatic rings. The minimum atomic E-state index is -0.721. The minimum absolute atomic E-state index is 0.202. The van der Waals surface area contributed by atoms with Gasteiger partial charge >= 0.3 is 5.97 Å². The van der Waals surface area contributed by atoms with Crippen LogP contribution in [0.15, 0.2) is 118 Å². The third-order valence-corrected chi connectivity index (χ3v) is 10.3. The Kier molecular flexibility index (Phi) is 8.97. The highest BCUT2D eigenvalue weighted by Gasteiger charge is 2.35. The molecule has 49 heavy (non-hydrogen) atoms. The van der Waals surface area contributed by atoms with Gasteiger partial charge in [-0.25, -0.2) is 9.79 Å². The monoisotopic (exact) mass is 685 g/mol. The lowest BCUT2D eigenvalue weighted by Crippen LogP contribution is -2.40. The second-order valence-electron chi connectivity index (χ2n) is 12.5. The van der Waals surface area contributed by atoms with Gasteiger partial charge in [0.05, 0.1) is 28.5 Å². The zero-order valence-corrected chi connectivity index (χ0v) is 29.4. The minimum Gasteiger partial charge on any atom is -0.463 e. The first-order chi connectivity index (χ1) is 23.7. The number of ether oxygens (including phenoxy) is 1. The Morgan fingerprint density at radius 1 is 0.959 bits per heavy atom. The Bertz CT molecular complexity index is 2400. The summed E-state index contributed by atoms with van der Waals surface area (Å²) in [5, 5.41) is 1.75. The van der Waals surface area contributed by atoms with E-state index in [-0.39, 0.29) is 12.2 Å². The van der Waals surface area contributed by atoms with Gasteiger partial charge in [0.1, 0.15) is 0 Å². The van der Waals surface area contributed by atoms with Crippen LogP contribution in [0.2, 0.25) is 5.02 Å². The molecule has 7 rings (SSSR count). The molecule has 0 amide bonds. The summed E-state index contributed by atoms with van der Waals surface area (Å²) < 4.78 is 10.1. The number of hydrogen-bond acceptors (Lipinski definition) is 5. The standard InChI is InChI=1S/C41H36ClN3O3S/c1-5-48-40(47)36-37(29-11-7-6-8-12-29)43-41-45(38(36)30-19-17-28(18-20-30)25(2)3)39(46)35(49-41)23-33-26(4)44(34-14-10-9-13-32(33)34)24-27-15-21-31(42)22-16-27/h6-23,25,38H,5,24H2,1-4H3/b35-23-/t38-/m0/s1. The average molecular weight is 686 g/mol. The highest BCUT2D eigenvalue weighted by atomic mass is 35.5. The summed E-state index contributed by atoms with van der Waals surface area (Å²) in [4.78, 5) is 34.0. The number of nitrogens with zero attached hydrogens (tertiary/aromatic N) is 3. The Hall–Kier alpha value is -4.98. The van der Waals surface area contributed by atoms with E-state index in [1.807, 2.05) is 84.9 Å². The zero-order chi connectivity index (χ0) is 34.2. The van der Waals surface area contributed by atoms with Crippen molar-refractivity contribution in [2.24, 2.45) is 4.99 Å². The Morgan fingerprint density at radius 2 is 1.65 bits per heavy atom. The first kappa shape index (κ1) is 32.6. The Morgan fingerprint density at radius 3 is 2.35 bits per heavy atom. The second kappa shape index (κ2) is 13.5. The summed E-state index contributed by atoms with van der Waals surface area (Å²) in [6.07, 6.45) is 1.98. The van der Waals surface area contributed by atoms with Gasteiger partial charge in [-0.2, -0.15) is 0 Å². The van der Waals surface area contributed by atoms with Gasteiger partial charge < -0.3 is 9.30 Å². The number of aromatic nitrogens is 2.